The van der Waals surface area contributed by atoms with Crippen LogP contribution in [0.15, 0.2) is 210 Å². The highest BCUT2D eigenvalue weighted by atomic mass is 16.3. The van der Waals surface area contributed by atoms with Crippen LogP contribution >= 0.6 is 0 Å². The normalized spacial score (nSPS) is 17.6. The molecule has 0 N–H and O–H groups in total. The lowest BCUT2D eigenvalue weighted by Gasteiger charge is -2.31. The zero-order valence-corrected chi connectivity index (χ0v) is 35.6. The Morgan fingerprint density at radius 2 is 1.11 bits per heavy atom. The van der Waals surface area contributed by atoms with Gasteiger partial charge >= 0.3 is 0 Å². The van der Waals surface area contributed by atoms with Crippen LogP contribution in [0.2, 0.25) is 0 Å². The van der Waals surface area contributed by atoms with Crippen LogP contribution < -0.4 is 4.90 Å². The predicted molar refractivity (Wildman–Crippen MR) is 259 cm³/mol. The van der Waals surface area contributed by atoms with Crippen LogP contribution in [0.3, 0.4) is 0 Å². The molecule has 1 aromatic heterocycles. The van der Waals surface area contributed by atoms with Gasteiger partial charge in [0, 0.05) is 50.5 Å². The Balaban J connectivity index is 1.10. The standard InChI is InChI=1S/C60H47NO/c1-59(2)51-25-16-24-45(40-19-10-6-11-20-40)57(51)49-36-53-50(37-52(49)59)58-47(41-29-32-56-48(33-41)46-23-14-15-26-55(46)62-56)34-44(35-54(58)60(53,3)4)61(42-21-12-7-13-22-42)43-30-27-39(28-31-43)38-17-8-5-9-18-38/h5-37,45,57H,1-4H3. The molecule has 0 saturated heterocycles. The Morgan fingerprint density at radius 1 is 0.468 bits per heavy atom. The molecule has 0 spiro atoms. The minimum absolute atomic E-state index is 0.121. The topological polar surface area (TPSA) is 16.4 Å². The molecule has 0 bridgehead atoms. The number of benzene rings is 8. The van der Waals surface area contributed by atoms with Crippen molar-refractivity contribution in [3.63, 3.8) is 0 Å². The average molecular weight is 798 g/mol. The van der Waals surface area contributed by atoms with E-state index in [2.05, 4.69) is 233 Å². The van der Waals surface area contributed by atoms with E-state index in [-0.39, 0.29) is 22.7 Å². The molecule has 298 valence electrons. The zero-order chi connectivity index (χ0) is 41.7. The highest BCUT2D eigenvalue weighted by Crippen LogP contribution is 2.62. The summed E-state index contributed by atoms with van der Waals surface area (Å²) >= 11 is 0. The number of hydrogen-bond acceptors (Lipinski definition) is 2. The van der Waals surface area contributed by atoms with Crippen molar-refractivity contribution in [3.8, 4) is 33.4 Å². The van der Waals surface area contributed by atoms with E-state index < -0.39 is 0 Å². The number of fused-ring (bicyclic) bond motifs is 9. The van der Waals surface area contributed by atoms with Crippen LogP contribution in [0.25, 0.3) is 55.3 Å². The van der Waals surface area contributed by atoms with Gasteiger partial charge in [-0.25, -0.2) is 0 Å². The van der Waals surface area contributed by atoms with Gasteiger partial charge in [0.05, 0.1) is 0 Å². The minimum atomic E-state index is -0.278. The Hall–Kier alpha value is -7.16. The summed E-state index contributed by atoms with van der Waals surface area (Å²) in [6.45, 7) is 9.76. The Labute approximate surface area is 364 Å². The first-order valence-electron chi connectivity index (χ1n) is 22.0. The summed E-state index contributed by atoms with van der Waals surface area (Å²) in [5.41, 5.74) is 20.8. The number of hydrogen-bond donors (Lipinski definition) is 0. The molecule has 1 heterocycles. The number of allylic oxidation sites excluding steroid dienone is 4. The first kappa shape index (κ1) is 36.7. The van der Waals surface area contributed by atoms with Crippen molar-refractivity contribution in [3.05, 3.63) is 234 Å². The van der Waals surface area contributed by atoms with Crippen LogP contribution in [0.1, 0.15) is 67.3 Å². The van der Waals surface area contributed by atoms with Gasteiger partial charge in [-0.1, -0.05) is 173 Å². The Kier molecular flexibility index (Phi) is 8.09. The summed E-state index contributed by atoms with van der Waals surface area (Å²) in [6, 6.07) is 67.0. The summed E-state index contributed by atoms with van der Waals surface area (Å²) in [7, 11) is 0. The van der Waals surface area contributed by atoms with Crippen molar-refractivity contribution in [2.45, 2.75) is 50.4 Å². The van der Waals surface area contributed by atoms with E-state index in [0.29, 0.717) is 0 Å². The molecule has 62 heavy (non-hydrogen) atoms. The second-order valence-corrected chi connectivity index (χ2v) is 18.5. The second-order valence-electron chi connectivity index (χ2n) is 18.5. The van der Waals surface area contributed by atoms with E-state index in [9.17, 15) is 0 Å². The van der Waals surface area contributed by atoms with Crippen LogP contribution in [-0.4, -0.2) is 0 Å². The second kappa shape index (κ2) is 13.7. The molecule has 2 nitrogen and oxygen atoms in total. The average Bonchev–Trinajstić information content (AvgIpc) is 3.88. The maximum absolute atomic E-state index is 6.39. The maximum atomic E-state index is 6.39. The molecule has 0 aliphatic heterocycles. The van der Waals surface area contributed by atoms with E-state index in [0.717, 1.165) is 39.0 Å². The van der Waals surface area contributed by atoms with Gasteiger partial charge < -0.3 is 9.32 Å². The van der Waals surface area contributed by atoms with Crippen molar-refractivity contribution in [2.24, 2.45) is 0 Å². The molecule has 0 radical (unpaired) electrons. The van der Waals surface area contributed by atoms with Gasteiger partial charge in [0.2, 0.25) is 0 Å². The largest absolute Gasteiger partial charge is 0.456 e. The van der Waals surface area contributed by atoms with Crippen LogP contribution in [0.5, 0.6) is 0 Å². The van der Waals surface area contributed by atoms with E-state index in [1.54, 1.807) is 0 Å². The van der Waals surface area contributed by atoms with Crippen molar-refractivity contribution < 1.29 is 4.42 Å². The monoisotopic (exact) mass is 797 g/mol. The summed E-state index contributed by atoms with van der Waals surface area (Å²) in [4.78, 5) is 2.43. The fraction of sp³-hybridized carbons (Fsp3) is 0.133. The summed E-state index contributed by atoms with van der Waals surface area (Å²) < 4.78 is 6.39. The number of furan rings is 1. The SMILES string of the molecule is CC1(C)C2=CC=CC(c3ccccc3)C2c2cc3c(cc21)-c1c(-c2ccc4oc5ccccc5c4c2)cc(N(c2ccccc2)c2ccc(-c4ccccc4)cc2)cc1C3(C)C. The summed E-state index contributed by atoms with van der Waals surface area (Å²) in [6.07, 6.45) is 7.13. The maximum Gasteiger partial charge on any atom is 0.135 e. The van der Waals surface area contributed by atoms with Gasteiger partial charge in [-0.2, -0.15) is 0 Å². The third-order valence-corrected chi connectivity index (χ3v) is 14.3. The quantitative estimate of drug-likeness (QED) is 0.167. The van der Waals surface area contributed by atoms with E-state index in [1.807, 2.05) is 0 Å². The lowest BCUT2D eigenvalue weighted by atomic mass is 9.73. The zero-order valence-electron chi connectivity index (χ0n) is 35.6. The molecule has 9 aromatic rings. The highest BCUT2D eigenvalue weighted by Gasteiger charge is 2.48. The molecular weight excluding hydrogens is 751 g/mol. The predicted octanol–water partition coefficient (Wildman–Crippen LogP) is 16.4. The number of para-hydroxylation sites is 2. The number of anilines is 3. The van der Waals surface area contributed by atoms with Gasteiger partial charge in [0.1, 0.15) is 11.2 Å². The summed E-state index contributed by atoms with van der Waals surface area (Å²) in [5.74, 6) is 0.574. The fourth-order valence-electron chi connectivity index (χ4n) is 11.2. The van der Waals surface area contributed by atoms with E-state index in [4.69, 9.17) is 4.42 Å². The van der Waals surface area contributed by atoms with Gasteiger partial charge in [-0.15, -0.1) is 0 Å². The lowest BCUT2D eigenvalue weighted by molar-refractivity contribution is 0.589. The molecule has 12 rings (SSSR count). The smallest absolute Gasteiger partial charge is 0.135 e. The van der Waals surface area contributed by atoms with Crippen LogP contribution in [0.4, 0.5) is 17.1 Å². The van der Waals surface area contributed by atoms with Gasteiger partial charge in [-0.05, 0) is 122 Å². The Bertz CT molecular complexity index is 3280. The molecule has 2 unspecified atom stereocenters. The van der Waals surface area contributed by atoms with E-state index >= 15 is 0 Å². The van der Waals surface area contributed by atoms with E-state index in [1.165, 1.54) is 66.8 Å². The minimum Gasteiger partial charge on any atom is -0.456 e. The first-order chi connectivity index (χ1) is 30.3. The lowest BCUT2D eigenvalue weighted by Crippen LogP contribution is -2.20. The van der Waals surface area contributed by atoms with Gasteiger partial charge in [0.15, 0.2) is 0 Å². The Morgan fingerprint density at radius 3 is 1.89 bits per heavy atom. The number of nitrogens with zero attached hydrogens (tertiary/aromatic N) is 1. The van der Waals surface area contributed by atoms with Crippen molar-refractivity contribution in [2.75, 3.05) is 4.90 Å². The summed E-state index contributed by atoms with van der Waals surface area (Å²) in [5, 5.41) is 2.27. The third kappa shape index (κ3) is 5.49. The molecule has 0 fully saturated rings. The number of rotatable bonds is 6. The molecule has 2 atom stereocenters. The third-order valence-electron chi connectivity index (χ3n) is 14.3. The van der Waals surface area contributed by atoms with Gasteiger partial charge in [-0.3, -0.25) is 0 Å². The van der Waals surface area contributed by atoms with Crippen LogP contribution in [0, 0.1) is 0 Å². The van der Waals surface area contributed by atoms with Crippen molar-refractivity contribution in [1.82, 2.24) is 0 Å². The molecule has 2 heteroatoms. The van der Waals surface area contributed by atoms with Crippen molar-refractivity contribution in [1.29, 1.82) is 0 Å². The van der Waals surface area contributed by atoms with Crippen LogP contribution in [-0.2, 0) is 10.8 Å². The highest BCUT2D eigenvalue weighted by molar-refractivity contribution is 6.07. The van der Waals surface area contributed by atoms with Gasteiger partial charge in [0.25, 0.3) is 0 Å². The fourth-order valence-corrected chi connectivity index (χ4v) is 11.2. The molecule has 0 saturated carbocycles. The molecule has 8 aromatic carbocycles. The van der Waals surface area contributed by atoms with Crippen molar-refractivity contribution >= 4 is 39.0 Å². The molecule has 0 amide bonds. The molecular formula is C60H47NO. The molecule has 3 aliphatic rings. The molecule has 3 aliphatic carbocycles. The first-order valence-corrected chi connectivity index (χ1v) is 22.0.